The van der Waals surface area contributed by atoms with Gasteiger partial charge in [-0.3, -0.25) is 9.78 Å². The molecule has 1 spiro atoms. The predicted molar refractivity (Wildman–Crippen MR) is 99.0 cm³/mol. The lowest BCUT2D eigenvalue weighted by Gasteiger charge is -2.43. The van der Waals surface area contributed by atoms with Gasteiger partial charge in [-0.15, -0.1) is 0 Å². The summed E-state index contributed by atoms with van der Waals surface area (Å²) >= 11 is 0. The number of pyridine rings is 1. The summed E-state index contributed by atoms with van der Waals surface area (Å²) in [6.45, 7) is 1.76. The Hall–Kier alpha value is -2.73. The number of H-pyrrole nitrogens is 1. The van der Waals surface area contributed by atoms with E-state index in [4.69, 9.17) is 4.74 Å². The number of carbonyl (C=O) groups excluding carboxylic acids is 1. The van der Waals surface area contributed by atoms with Crippen LogP contribution in [0.5, 0.6) is 0 Å². The van der Waals surface area contributed by atoms with Gasteiger partial charge in [0.05, 0.1) is 24.1 Å². The number of nitrogens with one attached hydrogen (secondary N) is 1. The van der Waals surface area contributed by atoms with Gasteiger partial charge in [-0.05, 0) is 37.0 Å². The van der Waals surface area contributed by atoms with Crippen LogP contribution in [0.2, 0.25) is 0 Å². The molecule has 138 valence electrons. The van der Waals surface area contributed by atoms with Crippen molar-refractivity contribution in [2.45, 2.75) is 24.9 Å². The summed E-state index contributed by atoms with van der Waals surface area (Å²) in [4.78, 5) is 21.7. The first-order valence-corrected chi connectivity index (χ1v) is 9.31. The number of aromatic amines is 1. The van der Waals surface area contributed by atoms with Gasteiger partial charge in [0.1, 0.15) is 5.60 Å². The van der Waals surface area contributed by atoms with Crippen molar-refractivity contribution in [3.8, 4) is 0 Å². The minimum atomic E-state index is -0.574. The maximum atomic E-state index is 13.9. The van der Waals surface area contributed by atoms with Gasteiger partial charge in [0.15, 0.2) is 5.82 Å². The van der Waals surface area contributed by atoms with Crippen molar-refractivity contribution in [1.82, 2.24) is 14.9 Å². The maximum absolute atomic E-state index is 13.9. The highest BCUT2D eigenvalue weighted by molar-refractivity contribution is 5.94. The van der Waals surface area contributed by atoms with E-state index in [0.717, 1.165) is 23.8 Å². The standard InChI is InChI=1S/C21H20FN3O2/c22-17-13-23-9-5-16(17)20(26)25-10-7-21(8-11-25)19-15(6-12-27-21)14-3-1-2-4-18(14)24-19/h1-5,9,13,24H,6-8,10-12H2. The monoisotopic (exact) mass is 365 g/mol. The predicted octanol–water partition coefficient (Wildman–Crippen LogP) is 3.41. The van der Waals surface area contributed by atoms with Crippen molar-refractivity contribution >= 4 is 16.8 Å². The highest BCUT2D eigenvalue weighted by Crippen LogP contribution is 2.43. The zero-order chi connectivity index (χ0) is 18.4. The third kappa shape index (κ3) is 2.55. The topological polar surface area (TPSA) is 58.2 Å². The molecular weight excluding hydrogens is 345 g/mol. The zero-order valence-electron chi connectivity index (χ0n) is 14.9. The molecule has 1 saturated heterocycles. The van der Waals surface area contributed by atoms with E-state index in [9.17, 15) is 9.18 Å². The van der Waals surface area contributed by atoms with Crippen molar-refractivity contribution in [2.75, 3.05) is 19.7 Å². The van der Waals surface area contributed by atoms with E-state index < -0.39 is 5.82 Å². The van der Waals surface area contributed by atoms with Crippen molar-refractivity contribution in [2.24, 2.45) is 0 Å². The fourth-order valence-corrected chi connectivity index (χ4v) is 4.45. The molecule has 0 bridgehead atoms. The van der Waals surface area contributed by atoms with E-state index >= 15 is 0 Å². The number of hydrogen-bond donors (Lipinski definition) is 1. The van der Waals surface area contributed by atoms with Crippen molar-refractivity contribution in [1.29, 1.82) is 0 Å². The van der Waals surface area contributed by atoms with E-state index in [0.29, 0.717) is 32.5 Å². The molecule has 1 amide bonds. The number of carbonyl (C=O) groups is 1. The largest absolute Gasteiger partial charge is 0.368 e. The number of amides is 1. The van der Waals surface area contributed by atoms with Crippen LogP contribution in [0.4, 0.5) is 4.39 Å². The van der Waals surface area contributed by atoms with Crippen LogP contribution < -0.4 is 0 Å². The molecule has 2 aromatic heterocycles. The number of nitrogens with zero attached hydrogens (tertiary/aromatic N) is 2. The van der Waals surface area contributed by atoms with Crippen LogP contribution >= 0.6 is 0 Å². The summed E-state index contributed by atoms with van der Waals surface area (Å²) in [6.07, 6.45) is 4.82. The van der Waals surface area contributed by atoms with Crippen LogP contribution in [0, 0.1) is 5.82 Å². The number of likely N-dealkylation sites (tertiary alicyclic amines) is 1. The van der Waals surface area contributed by atoms with Crippen LogP contribution in [-0.4, -0.2) is 40.5 Å². The molecule has 0 aliphatic carbocycles. The second kappa shape index (κ2) is 6.16. The number of hydrogen-bond acceptors (Lipinski definition) is 3. The quantitative estimate of drug-likeness (QED) is 0.719. The smallest absolute Gasteiger partial charge is 0.256 e. The van der Waals surface area contributed by atoms with Gasteiger partial charge in [-0.1, -0.05) is 18.2 Å². The molecule has 1 aromatic carbocycles. The summed E-state index contributed by atoms with van der Waals surface area (Å²) in [6, 6.07) is 9.77. The second-order valence-corrected chi connectivity index (χ2v) is 7.26. The van der Waals surface area contributed by atoms with Gasteiger partial charge in [0.25, 0.3) is 5.91 Å². The zero-order valence-corrected chi connectivity index (χ0v) is 14.9. The van der Waals surface area contributed by atoms with Gasteiger partial charge in [-0.25, -0.2) is 4.39 Å². The van der Waals surface area contributed by atoms with Crippen LogP contribution in [0.25, 0.3) is 10.9 Å². The normalized spacial score (nSPS) is 18.6. The Balaban J connectivity index is 1.42. The molecular formula is C21H20FN3O2. The Morgan fingerprint density at radius 1 is 1.22 bits per heavy atom. The second-order valence-electron chi connectivity index (χ2n) is 7.26. The molecule has 0 radical (unpaired) electrons. The molecule has 6 heteroatoms. The molecule has 2 aliphatic rings. The first-order valence-electron chi connectivity index (χ1n) is 9.31. The van der Waals surface area contributed by atoms with E-state index in [2.05, 4.69) is 28.2 Å². The molecule has 27 heavy (non-hydrogen) atoms. The molecule has 0 atom stereocenters. The molecule has 3 aromatic rings. The van der Waals surface area contributed by atoms with E-state index in [1.165, 1.54) is 23.2 Å². The SMILES string of the molecule is O=C(c1ccncc1F)N1CCC2(CC1)OCCc1c2[nH]c2ccccc12. The van der Waals surface area contributed by atoms with Crippen molar-refractivity contribution in [3.05, 3.63) is 65.4 Å². The minimum absolute atomic E-state index is 0.0804. The summed E-state index contributed by atoms with van der Waals surface area (Å²) in [7, 11) is 0. The molecule has 5 nitrogen and oxygen atoms in total. The van der Waals surface area contributed by atoms with Crippen LogP contribution in [0.15, 0.2) is 42.7 Å². The Bertz CT molecular complexity index is 1020. The maximum Gasteiger partial charge on any atom is 0.256 e. The van der Waals surface area contributed by atoms with Crippen LogP contribution in [-0.2, 0) is 16.8 Å². The lowest BCUT2D eigenvalue weighted by molar-refractivity contribution is -0.0957. The number of halogens is 1. The number of benzene rings is 1. The Kier molecular flexibility index (Phi) is 3.75. The third-order valence-electron chi connectivity index (χ3n) is 5.86. The lowest BCUT2D eigenvalue weighted by Crippen LogP contribution is -2.48. The highest BCUT2D eigenvalue weighted by atomic mass is 19.1. The molecule has 4 heterocycles. The number of aromatic nitrogens is 2. The van der Waals surface area contributed by atoms with Crippen molar-refractivity contribution in [3.63, 3.8) is 0 Å². The summed E-state index contributed by atoms with van der Waals surface area (Å²) in [5, 5.41) is 1.26. The first kappa shape index (κ1) is 16.4. The van der Waals surface area contributed by atoms with E-state index in [-0.39, 0.29) is 17.1 Å². The highest BCUT2D eigenvalue weighted by Gasteiger charge is 2.43. The first-order chi connectivity index (χ1) is 13.2. The fourth-order valence-electron chi connectivity index (χ4n) is 4.45. The van der Waals surface area contributed by atoms with Crippen LogP contribution in [0.3, 0.4) is 0 Å². The van der Waals surface area contributed by atoms with Gasteiger partial charge in [0.2, 0.25) is 0 Å². The lowest BCUT2D eigenvalue weighted by atomic mass is 9.83. The number of para-hydroxylation sites is 1. The number of fused-ring (bicyclic) bond motifs is 4. The Labute approximate surface area is 156 Å². The molecule has 2 aliphatic heterocycles. The number of rotatable bonds is 1. The van der Waals surface area contributed by atoms with Gasteiger partial charge < -0.3 is 14.6 Å². The van der Waals surface area contributed by atoms with Gasteiger partial charge in [-0.2, -0.15) is 0 Å². The Morgan fingerprint density at radius 3 is 2.85 bits per heavy atom. The van der Waals surface area contributed by atoms with Gasteiger partial charge in [0, 0.05) is 30.2 Å². The van der Waals surface area contributed by atoms with Crippen molar-refractivity contribution < 1.29 is 13.9 Å². The van der Waals surface area contributed by atoms with E-state index in [1.54, 1.807) is 4.90 Å². The average Bonchev–Trinajstić information content (AvgIpc) is 3.09. The number of piperidine rings is 1. The summed E-state index contributed by atoms with van der Waals surface area (Å²) < 4.78 is 20.2. The summed E-state index contributed by atoms with van der Waals surface area (Å²) in [5.74, 6) is -0.855. The minimum Gasteiger partial charge on any atom is -0.368 e. The molecule has 5 rings (SSSR count). The average molecular weight is 365 g/mol. The molecule has 0 saturated carbocycles. The molecule has 0 unspecified atom stereocenters. The fraction of sp³-hybridized carbons (Fsp3) is 0.333. The molecule has 1 fully saturated rings. The Morgan fingerprint density at radius 2 is 2.04 bits per heavy atom. The third-order valence-corrected chi connectivity index (χ3v) is 5.86. The van der Waals surface area contributed by atoms with E-state index in [1.807, 2.05) is 6.07 Å². The van der Waals surface area contributed by atoms with Gasteiger partial charge >= 0.3 is 0 Å². The number of ether oxygens (including phenoxy) is 1. The summed E-state index contributed by atoms with van der Waals surface area (Å²) in [5.41, 5.74) is 3.30. The van der Waals surface area contributed by atoms with Crippen LogP contribution in [0.1, 0.15) is 34.5 Å². The molecule has 1 N–H and O–H groups in total.